The number of pyridine rings is 1. The molecule has 15 heavy (non-hydrogen) atoms. The van der Waals surface area contributed by atoms with E-state index >= 15 is 0 Å². The fourth-order valence-corrected chi connectivity index (χ4v) is 2.07. The van der Waals surface area contributed by atoms with Gasteiger partial charge in [-0.25, -0.2) is 4.98 Å². The van der Waals surface area contributed by atoms with Crippen molar-refractivity contribution >= 4 is 26.8 Å². The first kappa shape index (κ1) is 10.6. The van der Waals surface area contributed by atoms with Crippen LogP contribution in [0.25, 0.3) is 10.9 Å². The van der Waals surface area contributed by atoms with Crippen molar-refractivity contribution < 1.29 is 0 Å². The lowest BCUT2D eigenvalue weighted by atomic mass is 10.1. The molecule has 1 heterocycles. The number of likely N-dealkylation sites (N-methyl/N-ethyl adjacent to an activating group) is 1. The van der Waals surface area contributed by atoms with E-state index < -0.39 is 0 Å². The topological polar surface area (TPSA) is 24.9 Å². The highest BCUT2D eigenvalue weighted by atomic mass is 79.9. The molecule has 0 saturated heterocycles. The van der Waals surface area contributed by atoms with Crippen molar-refractivity contribution in [1.82, 2.24) is 10.3 Å². The molecule has 0 spiro atoms. The van der Waals surface area contributed by atoms with Crippen LogP contribution in [0, 0.1) is 0 Å². The van der Waals surface area contributed by atoms with Gasteiger partial charge in [0.2, 0.25) is 0 Å². The van der Waals surface area contributed by atoms with Crippen molar-refractivity contribution in [3.63, 3.8) is 0 Å². The van der Waals surface area contributed by atoms with Gasteiger partial charge in [-0.05, 0) is 53.6 Å². The summed E-state index contributed by atoms with van der Waals surface area (Å²) < 4.78 is 0.955. The molecular weight excluding hydrogens is 252 g/mol. The summed E-state index contributed by atoms with van der Waals surface area (Å²) >= 11 is 3.51. The quantitative estimate of drug-likeness (QED) is 0.863. The Balaban J connectivity index is 2.43. The van der Waals surface area contributed by atoms with Crippen molar-refractivity contribution in [2.75, 3.05) is 13.6 Å². The standard InChI is InChI=1S/C12H13BrN2/c1-14-7-6-10-8-9-4-2-3-5-11(9)15-12(10)13/h2-5,8,14H,6-7H2,1H3. The van der Waals surface area contributed by atoms with Gasteiger partial charge in [0.1, 0.15) is 4.60 Å². The van der Waals surface area contributed by atoms with E-state index in [0.29, 0.717) is 0 Å². The summed E-state index contributed by atoms with van der Waals surface area (Å²) in [6, 6.07) is 10.4. The Kier molecular flexibility index (Phi) is 3.34. The number of fused-ring (bicyclic) bond motifs is 1. The zero-order valence-corrected chi connectivity index (χ0v) is 10.2. The minimum Gasteiger partial charge on any atom is -0.319 e. The number of hydrogen-bond donors (Lipinski definition) is 1. The lowest BCUT2D eigenvalue weighted by Crippen LogP contribution is -2.10. The van der Waals surface area contributed by atoms with Gasteiger partial charge in [-0.15, -0.1) is 0 Å². The molecule has 3 heteroatoms. The van der Waals surface area contributed by atoms with Crippen LogP contribution in [0.1, 0.15) is 5.56 Å². The molecule has 0 saturated carbocycles. The number of halogens is 1. The molecule has 2 nitrogen and oxygen atoms in total. The van der Waals surface area contributed by atoms with Crippen LogP contribution in [0.15, 0.2) is 34.9 Å². The minimum atomic E-state index is 0.955. The summed E-state index contributed by atoms with van der Waals surface area (Å²) in [5, 5.41) is 4.34. The Hall–Kier alpha value is -0.930. The van der Waals surface area contributed by atoms with Crippen LogP contribution in [0.2, 0.25) is 0 Å². The third kappa shape index (κ3) is 2.36. The zero-order chi connectivity index (χ0) is 10.7. The van der Waals surface area contributed by atoms with Gasteiger partial charge in [0.15, 0.2) is 0 Å². The minimum absolute atomic E-state index is 0.955. The van der Waals surface area contributed by atoms with E-state index in [1.54, 1.807) is 0 Å². The molecule has 0 aliphatic heterocycles. The number of benzene rings is 1. The monoisotopic (exact) mass is 264 g/mol. The van der Waals surface area contributed by atoms with Crippen LogP contribution in [0.5, 0.6) is 0 Å². The maximum atomic E-state index is 4.52. The Morgan fingerprint density at radius 2 is 2.13 bits per heavy atom. The SMILES string of the molecule is CNCCc1cc2ccccc2nc1Br. The van der Waals surface area contributed by atoms with Crippen LogP contribution >= 0.6 is 15.9 Å². The number of rotatable bonds is 3. The van der Waals surface area contributed by atoms with E-state index in [-0.39, 0.29) is 0 Å². The molecule has 0 aliphatic rings. The Bertz CT molecular complexity index is 468. The number of para-hydroxylation sites is 1. The lowest BCUT2D eigenvalue weighted by molar-refractivity contribution is 0.788. The highest BCUT2D eigenvalue weighted by molar-refractivity contribution is 9.10. The van der Waals surface area contributed by atoms with Gasteiger partial charge >= 0.3 is 0 Å². The molecule has 1 N–H and O–H groups in total. The summed E-state index contributed by atoms with van der Waals surface area (Å²) in [5.74, 6) is 0. The van der Waals surface area contributed by atoms with Crippen LogP contribution in [-0.2, 0) is 6.42 Å². The number of nitrogens with one attached hydrogen (secondary N) is 1. The van der Waals surface area contributed by atoms with Gasteiger partial charge in [0.25, 0.3) is 0 Å². The summed E-state index contributed by atoms with van der Waals surface area (Å²) in [6.45, 7) is 0.971. The highest BCUT2D eigenvalue weighted by Crippen LogP contribution is 2.20. The molecule has 1 aromatic heterocycles. The van der Waals surface area contributed by atoms with E-state index in [1.165, 1.54) is 10.9 Å². The fourth-order valence-electron chi connectivity index (χ4n) is 1.57. The summed E-state index contributed by atoms with van der Waals surface area (Å²) in [4.78, 5) is 4.52. The van der Waals surface area contributed by atoms with Gasteiger partial charge in [-0.3, -0.25) is 0 Å². The Morgan fingerprint density at radius 1 is 1.33 bits per heavy atom. The fraction of sp³-hybridized carbons (Fsp3) is 0.250. The summed E-state index contributed by atoms with van der Waals surface area (Å²) in [7, 11) is 1.96. The first-order chi connectivity index (χ1) is 7.31. The molecular formula is C12H13BrN2. The highest BCUT2D eigenvalue weighted by Gasteiger charge is 2.03. The maximum Gasteiger partial charge on any atom is 0.110 e. The van der Waals surface area contributed by atoms with E-state index in [0.717, 1.165) is 23.1 Å². The van der Waals surface area contributed by atoms with Crippen LogP contribution in [0.4, 0.5) is 0 Å². The molecule has 0 aliphatic carbocycles. The van der Waals surface area contributed by atoms with E-state index in [4.69, 9.17) is 0 Å². The smallest absolute Gasteiger partial charge is 0.110 e. The molecule has 78 valence electrons. The average molecular weight is 265 g/mol. The third-order valence-electron chi connectivity index (χ3n) is 2.39. The molecule has 0 atom stereocenters. The van der Waals surface area contributed by atoms with Crippen molar-refractivity contribution in [3.8, 4) is 0 Å². The molecule has 1 aromatic carbocycles. The predicted molar refractivity (Wildman–Crippen MR) is 67.1 cm³/mol. The van der Waals surface area contributed by atoms with E-state index in [1.807, 2.05) is 25.2 Å². The Morgan fingerprint density at radius 3 is 2.93 bits per heavy atom. The van der Waals surface area contributed by atoms with Gasteiger partial charge in [-0.1, -0.05) is 18.2 Å². The maximum absolute atomic E-state index is 4.52. The normalized spacial score (nSPS) is 10.8. The molecule has 0 unspecified atom stereocenters. The largest absolute Gasteiger partial charge is 0.319 e. The molecule has 0 bridgehead atoms. The predicted octanol–water partition coefficient (Wildman–Crippen LogP) is 2.76. The van der Waals surface area contributed by atoms with Gasteiger partial charge in [0, 0.05) is 5.39 Å². The molecule has 0 radical (unpaired) electrons. The number of aromatic nitrogens is 1. The Labute approximate surface area is 97.8 Å². The first-order valence-corrected chi connectivity index (χ1v) is 5.79. The number of hydrogen-bond acceptors (Lipinski definition) is 2. The zero-order valence-electron chi connectivity index (χ0n) is 8.63. The van der Waals surface area contributed by atoms with Crippen molar-refractivity contribution in [2.24, 2.45) is 0 Å². The second kappa shape index (κ2) is 4.73. The van der Waals surface area contributed by atoms with Crippen molar-refractivity contribution in [3.05, 3.63) is 40.5 Å². The van der Waals surface area contributed by atoms with Crippen LogP contribution in [-0.4, -0.2) is 18.6 Å². The summed E-state index contributed by atoms with van der Waals surface area (Å²) in [6.07, 6.45) is 0.995. The molecule has 0 amide bonds. The second-order valence-electron chi connectivity index (χ2n) is 3.48. The van der Waals surface area contributed by atoms with Crippen LogP contribution in [0.3, 0.4) is 0 Å². The van der Waals surface area contributed by atoms with Crippen molar-refractivity contribution in [2.45, 2.75) is 6.42 Å². The molecule has 2 aromatic rings. The lowest BCUT2D eigenvalue weighted by Gasteiger charge is -2.05. The van der Waals surface area contributed by atoms with Gasteiger partial charge in [0.05, 0.1) is 5.52 Å². The van der Waals surface area contributed by atoms with Gasteiger partial charge < -0.3 is 5.32 Å². The second-order valence-corrected chi connectivity index (χ2v) is 4.24. The van der Waals surface area contributed by atoms with E-state index in [9.17, 15) is 0 Å². The van der Waals surface area contributed by atoms with E-state index in [2.05, 4.69) is 38.4 Å². The number of nitrogens with zero attached hydrogens (tertiary/aromatic N) is 1. The first-order valence-electron chi connectivity index (χ1n) is 5.00. The molecule has 2 rings (SSSR count). The third-order valence-corrected chi connectivity index (χ3v) is 3.08. The average Bonchev–Trinajstić information content (AvgIpc) is 2.26. The molecule has 0 fully saturated rings. The van der Waals surface area contributed by atoms with Crippen LogP contribution < -0.4 is 5.32 Å². The van der Waals surface area contributed by atoms with Crippen molar-refractivity contribution in [1.29, 1.82) is 0 Å². The van der Waals surface area contributed by atoms with Gasteiger partial charge in [-0.2, -0.15) is 0 Å². The summed E-state index contributed by atoms with van der Waals surface area (Å²) in [5.41, 5.74) is 2.29.